The summed E-state index contributed by atoms with van der Waals surface area (Å²) < 4.78 is 33.3. The Bertz CT molecular complexity index is 1720. The van der Waals surface area contributed by atoms with Gasteiger partial charge >= 0.3 is 93.4 Å². The number of nitrogens with zero attached hydrogens (tertiary/aromatic N) is 4. The fourth-order valence-electron chi connectivity index (χ4n) is 7.21. The molecule has 82 heavy (non-hydrogen) atoms. The zero-order valence-electron chi connectivity index (χ0n) is 51.3. The Kier molecular flexibility index (Phi) is 62.0. The van der Waals surface area contributed by atoms with E-state index in [9.17, 15) is 38.7 Å². The van der Waals surface area contributed by atoms with Crippen LogP contribution in [0.1, 0.15) is 214 Å². The molecule has 7 N–H and O–H groups in total. The van der Waals surface area contributed by atoms with E-state index < -0.39 is 18.3 Å². The summed E-state index contributed by atoms with van der Waals surface area (Å²) in [5.74, 6) is -1.58. The van der Waals surface area contributed by atoms with Gasteiger partial charge in [0, 0.05) is 57.0 Å². The molecule has 0 aromatic carbocycles. The van der Waals surface area contributed by atoms with Crippen LogP contribution in [0.25, 0.3) is 0 Å². The number of nitrogens with two attached hydrogens (primary N) is 2. The van der Waals surface area contributed by atoms with Gasteiger partial charge in [0.2, 0.25) is 0 Å². The van der Waals surface area contributed by atoms with Crippen LogP contribution in [0.4, 0.5) is 9.59 Å². The zero-order valence-corrected chi connectivity index (χ0v) is 54.4. The Morgan fingerprint density at radius 1 is 0.549 bits per heavy atom. The zero-order chi connectivity index (χ0) is 60.4. The van der Waals surface area contributed by atoms with E-state index >= 15 is 0 Å². The molecule has 22 nitrogen and oxygen atoms in total. The largest absolute Gasteiger partial charge is 1.00 e. The number of carbonyl (C=O) groups excluding carboxylic acids is 7. The summed E-state index contributed by atoms with van der Waals surface area (Å²) in [5.41, 5.74) is 10.8. The fourth-order valence-corrected chi connectivity index (χ4v) is 7.21. The molecule has 0 aliphatic rings. The van der Waals surface area contributed by atoms with Gasteiger partial charge in [-0.2, -0.15) is 6.42 Å². The van der Waals surface area contributed by atoms with Crippen molar-refractivity contribution >= 4 is 42.0 Å². The van der Waals surface area contributed by atoms with Crippen molar-refractivity contribution in [3.8, 4) is 0 Å². The van der Waals surface area contributed by atoms with Gasteiger partial charge in [-0.3, -0.25) is 33.1 Å². The smallest absolute Gasteiger partial charge is 0.468 e. The molecule has 1 atom stereocenters. The van der Waals surface area contributed by atoms with Crippen molar-refractivity contribution < 1.29 is 118 Å². The van der Waals surface area contributed by atoms with E-state index in [4.69, 9.17) is 39.9 Å². The van der Waals surface area contributed by atoms with E-state index in [1.807, 2.05) is 0 Å². The number of hydrogen-bond acceptors (Lipinski definition) is 19. The van der Waals surface area contributed by atoms with Gasteiger partial charge in [0.25, 0.3) is 0 Å². The summed E-state index contributed by atoms with van der Waals surface area (Å²) in [4.78, 5) is 89.7. The number of alkyl carbamates (subject to hydrolysis) is 1. The first-order chi connectivity index (χ1) is 39.3. The molecule has 0 spiro atoms. The number of aliphatic hydroxyl groups is 1. The summed E-state index contributed by atoms with van der Waals surface area (Å²) in [5, 5.41) is 15.5. The van der Waals surface area contributed by atoms with E-state index in [0.29, 0.717) is 38.8 Å². The maximum Gasteiger partial charge on any atom is 1.00 e. The van der Waals surface area contributed by atoms with Crippen LogP contribution in [0.15, 0.2) is 37.4 Å². The van der Waals surface area contributed by atoms with Gasteiger partial charge in [-0.25, -0.2) is 19.6 Å². The van der Waals surface area contributed by atoms with Crippen LogP contribution in [0, 0.1) is 6.92 Å². The minimum absolute atomic E-state index is 0. The minimum atomic E-state index is -0.944. The van der Waals surface area contributed by atoms with Crippen molar-refractivity contribution in [2.24, 2.45) is 11.5 Å². The molecule has 0 aliphatic heterocycles. The normalized spacial score (nSPS) is 10.8. The topological polar surface area (TPSA) is 307 Å². The van der Waals surface area contributed by atoms with Gasteiger partial charge < -0.3 is 62.6 Å². The SMILES string of the molecule is CCCCCC(=O)OCC(COC(=O)CCCCC)OC(=O)NCCCCCCCNC(CCCCN)C(=O)OC.CCCCCC(=O)OCC(O)COC(=O)CCCCC.O=C(n1ccnc1)n1ccnc1.[CH2-]CCCCCCN.[K+]. The van der Waals surface area contributed by atoms with Crippen molar-refractivity contribution in [2.45, 2.75) is 232 Å². The molecule has 468 valence electrons. The predicted molar refractivity (Wildman–Crippen MR) is 313 cm³/mol. The second-order valence-corrected chi connectivity index (χ2v) is 19.5. The number of nitrogens with one attached hydrogen (secondary N) is 2. The van der Waals surface area contributed by atoms with Gasteiger partial charge in [-0.1, -0.05) is 124 Å². The number of aliphatic hydroxyl groups excluding tert-OH is 1. The average Bonchev–Trinajstić information content (AvgIpc) is 4.26. The first-order valence-corrected chi connectivity index (χ1v) is 30.0. The summed E-state index contributed by atoms with van der Waals surface area (Å²) in [6, 6.07) is -0.482. The van der Waals surface area contributed by atoms with Crippen molar-refractivity contribution in [1.29, 1.82) is 0 Å². The summed E-state index contributed by atoms with van der Waals surface area (Å²) in [6.07, 6.45) is 32.4. The van der Waals surface area contributed by atoms with Gasteiger partial charge in [-0.15, -0.1) is 0 Å². The number of esters is 5. The van der Waals surface area contributed by atoms with Gasteiger partial charge in [0.05, 0.1) is 7.11 Å². The van der Waals surface area contributed by atoms with Crippen LogP contribution in [0.2, 0.25) is 0 Å². The molecule has 0 fully saturated rings. The number of ether oxygens (including phenoxy) is 6. The van der Waals surface area contributed by atoms with E-state index in [0.717, 1.165) is 148 Å². The Morgan fingerprint density at radius 3 is 1.35 bits per heavy atom. The number of unbranched alkanes of at least 4 members (excludes halogenated alkanes) is 17. The summed E-state index contributed by atoms with van der Waals surface area (Å²) in [7, 11) is 1.40. The Labute approximate surface area is 533 Å². The van der Waals surface area contributed by atoms with E-state index in [-0.39, 0.29) is 120 Å². The first-order valence-electron chi connectivity index (χ1n) is 30.0. The molecule has 2 heterocycles. The molecule has 1 unspecified atom stereocenters. The Hall–Kier alpha value is -3.81. The van der Waals surface area contributed by atoms with Crippen LogP contribution in [0.3, 0.4) is 0 Å². The van der Waals surface area contributed by atoms with Crippen molar-refractivity contribution in [1.82, 2.24) is 29.7 Å². The number of amides is 1. The monoisotopic (exact) mass is 1190 g/mol. The van der Waals surface area contributed by atoms with Crippen molar-refractivity contribution in [3.05, 3.63) is 44.4 Å². The van der Waals surface area contributed by atoms with Crippen LogP contribution < -0.4 is 73.5 Å². The summed E-state index contributed by atoms with van der Waals surface area (Å²) >= 11 is 0. The first kappa shape index (κ1) is 82.4. The van der Waals surface area contributed by atoms with Crippen LogP contribution in [-0.4, -0.2) is 144 Å². The number of rotatable bonds is 44. The van der Waals surface area contributed by atoms with Gasteiger partial charge in [0.1, 0.15) is 51.2 Å². The fraction of sp³-hybridized carbons (Fsp3) is 0.763. The number of imidazole rings is 2. The third-order valence-corrected chi connectivity index (χ3v) is 12.0. The van der Waals surface area contributed by atoms with E-state index in [1.54, 1.807) is 24.8 Å². The van der Waals surface area contributed by atoms with Crippen LogP contribution in [-0.2, 0) is 52.4 Å². The van der Waals surface area contributed by atoms with Crippen LogP contribution in [0.5, 0.6) is 0 Å². The molecule has 2 aromatic rings. The standard InChI is InChI=1S/C30H57N3O8.C15H28O5.C7H6N4O.C7H16N.K/c1-4-6-11-18-27(34)39-23-25(24-40-28(35)19-12-7-5-2)41-30(37)33-22-16-10-8-9-15-21-32-26(29(36)38-3)17-13-14-20-31;1-3-5-7-9-14(17)19-11-13(16)12-20-15(18)10-8-6-4-2;12-7(10-3-1-8-5-10)11-4-2-9-6-11;1-2-3-4-5-6-7-8;/h25-26,32H,4-24,31H2,1-3H3,(H,33,37);13,16H,3-12H2,1-2H3;1-6H;1-8H2;/q;;;-1;+1. The predicted octanol–water partition coefficient (Wildman–Crippen LogP) is 6.46. The number of hydrogen-bond donors (Lipinski definition) is 5. The number of methoxy groups -OCH3 is 1. The number of aromatic nitrogens is 4. The molecule has 2 aromatic heterocycles. The van der Waals surface area contributed by atoms with Crippen molar-refractivity contribution in [2.75, 3.05) is 59.7 Å². The van der Waals surface area contributed by atoms with E-state index in [2.05, 4.69) is 55.2 Å². The van der Waals surface area contributed by atoms with Gasteiger partial charge in [-0.05, 0) is 77.4 Å². The quantitative estimate of drug-likeness (QED) is 0.0156. The molecule has 0 saturated carbocycles. The molecular weight excluding hydrogens is 1080 g/mol. The molecule has 0 saturated heterocycles. The molecular formula is C59H107KN8O14. The molecule has 0 radical (unpaired) electrons. The molecule has 0 aliphatic carbocycles. The molecule has 0 bridgehead atoms. The second-order valence-electron chi connectivity index (χ2n) is 19.5. The Morgan fingerprint density at radius 2 is 0.951 bits per heavy atom. The third kappa shape index (κ3) is 53.0. The minimum Gasteiger partial charge on any atom is -0.468 e. The Balaban J connectivity index is -0.00000123. The molecule has 1 amide bonds. The summed E-state index contributed by atoms with van der Waals surface area (Å²) in [6.45, 7) is 14.1. The van der Waals surface area contributed by atoms with E-state index in [1.165, 1.54) is 54.6 Å². The maximum absolute atomic E-state index is 12.3. The van der Waals surface area contributed by atoms with Crippen molar-refractivity contribution in [3.63, 3.8) is 0 Å². The average molecular weight is 1190 g/mol. The molecule has 2 rings (SSSR count). The third-order valence-electron chi connectivity index (χ3n) is 12.0. The number of carbonyl (C=O) groups is 7. The second kappa shape index (κ2) is 61.7. The van der Waals surface area contributed by atoms with Crippen LogP contribution >= 0.6 is 0 Å². The van der Waals surface area contributed by atoms with Gasteiger partial charge in [0.15, 0.2) is 6.10 Å². The maximum atomic E-state index is 12.3. The molecule has 23 heteroatoms.